The van der Waals surface area contributed by atoms with Crippen LogP contribution in [0.5, 0.6) is 5.75 Å². The highest BCUT2D eigenvalue weighted by atomic mass is 32.2. The number of aryl methyl sites for hydroxylation is 2. The normalized spacial score (nSPS) is 11.6. The molecule has 4 aromatic rings. The van der Waals surface area contributed by atoms with Crippen molar-refractivity contribution in [3.8, 4) is 5.75 Å². The average molecular weight is 612 g/mol. The first kappa shape index (κ1) is 32.5. The summed E-state index contributed by atoms with van der Waals surface area (Å²) in [5, 5.41) is 3.60. The van der Waals surface area contributed by atoms with Crippen LogP contribution in [0.1, 0.15) is 53.9 Å². The molecule has 8 nitrogen and oxygen atoms in total. The van der Waals surface area contributed by atoms with Crippen LogP contribution in [-0.4, -0.2) is 53.6 Å². The summed E-state index contributed by atoms with van der Waals surface area (Å²) in [5.41, 5.74) is 6.11. The minimum Gasteiger partial charge on any atom is -0.497 e. The van der Waals surface area contributed by atoms with Crippen LogP contribution in [0.4, 0.5) is 11.4 Å². The van der Waals surface area contributed by atoms with E-state index in [1.165, 1.54) is 11.8 Å². The molecule has 2 amide bonds. The Kier molecular flexibility index (Phi) is 11.0. The summed E-state index contributed by atoms with van der Waals surface area (Å²) in [6.07, 6.45) is 0. The van der Waals surface area contributed by atoms with Gasteiger partial charge in [0.25, 0.3) is 5.91 Å². The number of nitrogens with zero attached hydrogens (tertiary/aromatic N) is 4. The predicted octanol–water partition coefficient (Wildman–Crippen LogP) is 6.79. The van der Waals surface area contributed by atoms with E-state index in [0.717, 1.165) is 33.8 Å². The van der Waals surface area contributed by atoms with Gasteiger partial charge in [0, 0.05) is 43.4 Å². The molecule has 4 rings (SSSR count). The van der Waals surface area contributed by atoms with E-state index in [4.69, 9.17) is 4.74 Å². The molecule has 0 aliphatic carbocycles. The highest BCUT2D eigenvalue weighted by molar-refractivity contribution is 7.99. The molecular weight excluding hydrogens is 570 g/mol. The Labute approximate surface area is 264 Å². The molecule has 0 spiro atoms. The largest absolute Gasteiger partial charge is 0.497 e. The quantitative estimate of drug-likeness (QED) is 0.139. The van der Waals surface area contributed by atoms with Crippen LogP contribution in [0.25, 0.3) is 0 Å². The Hall–Kier alpha value is -4.37. The van der Waals surface area contributed by atoms with Gasteiger partial charge in [-0.2, -0.15) is 0 Å². The Bertz CT molecular complexity index is 1540. The molecule has 3 aromatic carbocycles. The lowest BCUT2D eigenvalue weighted by atomic mass is 9.97. The number of carbonyl (C=O) groups excluding carboxylic acids is 2. The number of anilines is 2. The molecule has 0 bridgehead atoms. The molecule has 0 saturated heterocycles. The number of benzene rings is 3. The van der Waals surface area contributed by atoms with Gasteiger partial charge in [0.1, 0.15) is 11.8 Å². The molecule has 0 fully saturated rings. The number of amides is 2. The molecular formula is C35H41N5O3S. The Morgan fingerprint density at radius 2 is 1.45 bits per heavy atom. The highest BCUT2D eigenvalue weighted by Gasteiger charge is 2.32. The van der Waals surface area contributed by atoms with E-state index in [-0.39, 0.29) is 24.1 Å². The molecule has 230 valence electrons. The van der Waals surface area contributed by atoms with Gasteiger partial charge in [-0.25, -0.2) is 9.97 Å². The molecule has 0 aliphatic rings. The first-order valence-corrected chi connectivity index (χ1v) is 15.6. The summed E-state index contributed by atoms with van der Waals surface area (Å²) in [4.78, 5) is 40.9. The van der Waals surface area contributed by atoms with Crippen molar-refractivity contribution in [1.82, 2.24) is 14.9 Å². The van der Waals surface area contributed by atoms with Gasteiger partial charge >= 0.3 is 0 Å². The van der Waals surface area contributed by atoms with Gasteiger partial charge in [0.2, 0.25) is 5.91 Å². The third-order valence-corrected chi connectivity index (χ3v) is 8.08. The second kappa shape index (κ2) is 14.9. The Balaban J connectivity index is 1.72. The number of hydrogen-bond donors (Lipinski definition) is 1. The number of hydrogen-bond acceptors (Lipinski definition) is 7. The van der Waals surface area contributed by atoms with Crippen molar-refractivity contribution in [2.75, 3.05) is 37.2 Å². The van der Waals surface area contributed by atoms with Crippen LogP contribution in [0.3, 0.4) is 0 Å². The molecule has 0 saturated carbocycles. The van der Waals surface area contributed by atoms with Crippen molar-refractivity contribution in [1.29, 1.82) is 0 Å². The van der Waals surface area contributed by atoms with E-state index in [0.29, 0.717) is 22.5 Å². The SMILES string of the molecule is COc1ccc(CN(C(=O)CSc2nc(C)cc(C)n2)C(C(=O)Nc2ccc(N(C)C)cc2)c2ccc(C(C)C)cc2)cc1. The Morgan fingerprint density at radius 3 is 2.00 bits per heavy atom. The summed E-state index contributed by atoms with van der Waals surface area (Å²) >= 11 is 1.27. The number of aromatic nitrogens is 2. The monoisotopic (exact) mass is 611 g/mol. The van der Waals surface area contributed by atoms with Crippen LogP contribution < -0.4 is 15.0 Å². The standard InChI is InChI=1S/C35H41N5O3S/c1-23(2)27-10-12-28(13-11-27)33(34(42)38-29-14-16-30(17-15-29)39(5)6)40(21-26-8-18-31(43-7)19-9-26)32(41)22-44-35-36-24(3)20-25(4)37-35/h8-20,23,33H,21-22H2,1-7H3,(H,38,42). The molecule has 1 N–H and O–H groups in total. The molecule has 1 aromatic heterocycles. The lowest BCUT2D eigenvalue weighted by Crippen LogP contribution is -2.41. The van der Waals surface area contributed by atoms with Gasteiger partial charge in [0.05, 0.1) is 12.9 Å². The average Bonchev–Trinajstić information content (AvgIpc) is 3.00. The smallest absolute Gasteiger partial charge is 0.251 e. The lowest BCUT2D eigenvalue weighted by molar-refractivity contribution is -0.137. The molecule has 1 unspecified atom stereocenters. The van der Waals surface area contributed by atoms with E-state index < -0.39 is 6.04 Å². The summed E-state index contributed by atoms with van der Waals surface area (Å²) in [7, 11) is 5.55. The lowest BCUT2D eigenvalue weighted by Gasteiger charge is -2.32. The van der Waals surface area contributed by atoms with Crippen LogP contribution in [0.15, 0.2) is 84.0 Å². The minimum absolute atomic E-state index is 0.0738. The summed E-state index contributed by atoms with van der Waals surface area (Å²) in [5.74, 6) is 0.621. The van der Waals surface area contributed by atoms with Gasteiger partial charge in [-0.15, -0.1) is 0 Å². The highest BCUT2D eigenvalue weighted by Crippen LogP contribution is 2.29. The maximum atomic E-state index is 14.2. The molecule has 0 aliphatic heterocycles. The summed E-state index contributed by atoms with van der Waals surface area (Å²) in [6, 6.07) is 24.1. The number of rotatable bonds is 12. The third-order valence-electron chi connectivity index (χ3n) is 7.25. The number of thioether (sulfide) groups is 1. The maximum absolute atomic E-state index is 14.2. The fourth-order valence-corrected chi connectivity index (χ4v) is 5.64. The zero-order valence-corrected chi connectivity index (χ0v) is 27.3. The van der Waals surface area contributed by atoms with Crippen molar-refractivity contribution < 1.29 is 14.3 Å². The summed E-state index contributed by atoms with van der Waals surface area (Å²) < 4.78 is 5.34. The van der Waals surface area contributed by atoms with Gasteiger partial charge < -0.3 is 19.9 Å². The second-order valence-corrected chi connectivity index (χ2v) is 12.2. The van der Waals surface area contributed by atoms with Crippen molar-refractivity contribution in [2.45, 2.75) is 51.4 Å². The van der Waals surface area contributed by atoms with Crippen LogP contribution in [0.2, 0.25) is 0 Å². The van der Waals surface area contributed by atoms with Gasteiger partial charge in [0.15, 0.2) is 5.16 Å². The van der Waals surface area contributed by atoms with Crippen LogP contribution >= 0.6 is 11.8 Å². The van der Waals surface area contributed by atoms with E-state index >= 15 is 0 Å². The van der Waals surface area contributed by atoms with Gasteiger partial charge in [-0.05, 0) is 78.9 Å². The molecule has 0 radical (unpaired) electrons. The van der Waals surface area contributed by atoms with Crippen molar-refractivity contribution in [2.24, 2.45) is 0 Å². The fourth-order valence-electron chi connectivity index (χ4n) is 4.81. The van der Waals surface area contributed by atoms with Gasteiger partial charge in [-0.1, -0.05) is 62.0 Å². The third kappa shape index (κ3) is 8.60. The molecule has 1 heterocycles. The van der Waals surface area contributed by atoms with E-state index in [2.05, 4.69) is 29.1 Å². The van der Waals surface area contributed by atoms with Crippen molar-refractivity contribution in [3.63, 3.8) is 0 Å². The van der Waals surface area contributed by atoms with Crippen molar-refractivity contribution >= 4 is 35.0 Å². The number of carbonyl (C=O) groups is 2. The van der Waals surface area contributed by atoms with E-state index in [9.17, 15) is 9.59 Å². The molecule has 9 heteroatoms. The van der Waals surface area contributed by atoms with E-state index in [1.54, 1.807) is 12.0 Å². The van der Waals surface area contributed by atoms with Crippen molar-refractivity contribution in [3.05, 3.63) is 107 Å². The second-order valence-electron chi connectivity index (χ2n) is 11.2. The van der Waals surface area contributed by atoms with Crippen LogP contribution in [-0.2, 0) is 16.1 Å². The Morgan fingerprint density at radius 1 is 0.864 bits per heavy atom. The first-order valence-electron chi connectivity index (χ1n) is 14.6. The molecule has 44 heavy (non-hydrogen) atoms. The minimum atomic E-state index is -0.889. The summed E-state index contributed by atoms with van der Waals surface area (Å²) in [6.45, 7) is 8.29. The van der Waals surface area contributed by atoms with Gasteiger partial charge in [-0.3, -0.25) is 9.59 Å². The molecule has 1 atom stereocenters. The number of ether oxygens (including phenoxy) is 1. The number of methoxy groups -OCH3 is 1. The maximum Gasteiger partial charge on any atom is 0.251 e. The van der Waals surface area contributed by atoms with E-state index in [1.807, 2.05) is 112 Å². The first-order chi connectivity index (χ1) is 21.0. The zero-order valence-electron chi connectivity index (χ0n) is 26.5. The topological polar surface area (TPSA) is 87.7 Å². The fraction of sp³-hybridized carbons (Fsp3) is 0.314. The zero-order chi connectivity index (χ0) is 31.8. The van der Waals surface area contributed by atoms with Crippen LogP contribution in [0, 0.1) is 13.8 Å². The number of nitrogens with one attached hydrogen (secondary N) is 1. The predicted molar refractivity (Wildman–Crippen MR) is 178 cm³/mol.